The lowest BCUT2D eigenvalue weighted by Gasteiger charge is -2.53. The molecule has 2 heterocycles. The normalized spacial score (nSPS) is 35.7. The molecule has 2 aliphatic heterocycles. The van der Waals surface area contributed by atoms with Crippen molar-refractivity contribution in [2.75, 3.05) is 19.8 Å². The number of benzene rings is 1. The number of aliphatic hydroxyl groups is 3. The lowest BCUT2D eigenvalue weighted by molar-refractivity contribution is -0.346. The van der Waals surface area contributed by atoms with Gasteiger partial charge in [0.05, 0.1) is 19.8 Å². The van der Waals surface area contributed by atoms with E-state index in [1.807, 2.05) is 43.3 Å². The smallest absolute Gasteiger partial charge is 0.305 e. The highest BCUT2D eigenvalue weighted by Gasteiger charge is 2.70. The lowest BCUT2D eigenvalue weighted by atomic mass is 9.67. The van der Waals surface area contributed by atoms with Gasteiger partial charge >= 0.3 is 5.97 Å². The number of rotatable bonds is 9. The molecule has 2 fully saturated rings. The highest BCUT2D eigenvalue weighted by Crippen LogP contribution is 2.56. The third-order valence-corrected chi connectivity index (χ3v) is 7.70. The number of hydrogen-bond acceptors (Lipinski definition) is 8. The monoisotopic (exact) mass is 502 g/mol. The third kappa shape index (κ3) is 4.85. The number of aliphatic hydroxyl groups excluding tert-OH is 3. The minimum absolute atomic E-state index is 0.0883. The van der Waals surface area contributed by atoms with Gasteiger partial charge in [-0.25, -0.2) is 0 Å². The maximum Gasteiger partial charge on any atom is 0.305 e. The minimum atomic E-state index is -1.45. The molecule has 2 saturated heterocycles. The standard InChI is InChI=1S/C28H38O8/c1-5-33-22(29)7-6-14-34-21-10-8-19(9-11-21)15-20-16-26(3,13-12-18(20)2)28-25(32)23(30)24(31)27(4,36-28)17-35-28/h8-13,23-25,30-32H,5-7,14-17H2,1-4H3/t23-,24-,25+,26?,27-,28+/m0/s1. The van der Waals surface area contributed by atoms with Crippen LogP contribution >= 0.6 is 0 Å². The zero-order valence-corrected chi connectivity index (χ0v) is 21.5. The van der Waals surface area contributed by atoms with Crippen molar-refractivity contribution in [1.29, 1.82) is 0 Å². The Bertz CT molecular complexity index is 1020. The van der Waals surface area contributed by atoms with Gasteiger partial charge in [0.15, 0.2) is 0 Å². The molecular weight excluding hydrogens is 464 g/mol. The summed E-state index contributed by atoms with van der Waals surface area (Å²) in [5.74, 6) is -0.924. The van der Waals surface area contributed by atoms with Gasteiger partial charge in [-0.2, -0.15) is 0 Å². The highest BCUT2D eigenvalue weighted by atomic mass is 16.8. The van der Waals surface area contributed by atoms with E-state index in [1.165, 1.54) is 5.57 Å². The lowest BCUT2D eigenvalue weighted by Crippen LogP contribution is -2.69. The molecule has 0 saturated carbocycles. The first-order valence-electron chi connectivity index (χ1n) is 12.7. The third-order valence-electron chi connectivity index (χ3n) is 7.70. The Morgan fingerprint density at radius 1 is 1.14 bits per heavy atom. The van der Waals surface area contributed by atoms with E-state index in [1.54, 1.807) is 13.8 Å². The summed E-state index contributed by atoms with van der Waals surface area (Å²) in [6, 6.07) is 7.88. The minimum Gasteiger partial charge on any atom is -0.494 e. The molecule has 1 unspecified atom stereocenters. The van der Waals surface area contributed by atoms with Crippen LogP contribution in [-0.2, 0) is 25.4 Å². The summed E-state index contributed by atoms with van der Waals surface area (Å²) in [4.78, 5) is 11.4. The first-order valence-corrected chi connectivity index (χ1v) is 12.7. The Labute approximate surface area is 212 Å². The Balaban J connectivity index is 1.41. The fraction of sp³-hybridized carbons (Fsp3) is 0.607. The molecule has 2 bridgehead atoms. The number of fused-ring (bicyclic) bond motifs is 2. The summed E-state index contributed by atoms with van der Waals surface area (Å²) in [6.45, 7) is 8.42. The van der Waals surface area contributed by atoms with E-state index in [0.29, 0.717) is 38.9 Å². The first kappa shape index (κ1) is 26.8. The second-order valence-corrected chi connectivity index (χ2v) is 10.5. The molecule has 3 aliphatic rings. The van der Waals surface area contributed by atoms with Crippen LogP contribution in [0.4, 0.5) is 0 Å². The second kappa shape index (κ2) is 10.3. The van der Waals surface area contributed by atoms with E-state index in [9.17, 15) is 20.1 Å². The van der Waals surface area contributed by atoms with Gasteiger partial charge < -0.3 is 34.3 Å². The first-order chi connectivity index (χ1) is 17.0. The molecule has 0 radical (unpaired) electrons. The Morgan fingerprint density at radius 3 is 2.56 bits per heavy atom. The van der Waals surface area contributed by atoms with Gasteiger partial charge in [0.1, 0.15) is 29.7 Å². The molecule has 1 aromatic rings. The van der Waals surface area contributed by atoms with Gasteiger partial charge in [0.2, 0.25) is 5.79 Å². The van der Waals surface area contributed by atoms with Crippen molar-refractivity contribution >= 4 is 5.97 Å². The number of ether oxygens (including phenoxy) is 4. The molecule has 4 rings (SSSR count). The molecule has 1 aromatic carbocycles. The molecule has 36 heavy (non-hydrogen) atoms. The van der Waals surface area contributed by atoms with Crippen LogP contribution in [0.15, 0.2) is 47.6 Å². The van der Waals surface area contributed by atoms with Crippen LogP contribution in [0.5, 0.6) is 5.75 Å². The van der Waals surface area contributed by atoms with Crippen molar-refractivity contribution in [2.24, 2.45) is 5.41 Å². The highest BCUT2D eigenvalue weighted by molar-refractivity contribution is 5.69. The van der Waals surface area contributed by atoms with Gasteiger partial charge in [-0.1, -0.05) is 42.4 Å². The SMILES string of the molecule is CCOC(=O)CCCOc1ccc(CC2=C(C)C=CC(C)([C@]34OC[C@](C)(O3)[C@@H](O)[C@H](O)[C@H]4O)C2)cc1. The van der Waals surface area contributed by atoms with E-state index in [4.69, 9.17) is 18.9 Å². The summed E-state index contributed by atoms with van der Waals surface area (Å²) in [5.41, 5.74) is 1.58. The van der Waals surface area contributed by atoms with E-state index in [2.05, 4.69) is 6.92 Å². The molecular formula is C28H38O8. The Morgan fingerprint density at radius 2 is 1.86 bits per heavy atom. The Kier molecular flexibility index (Phi) is 7.65. The zero-order chi connectivity index (χ0) is 26.1. The topological polar surface area (TPSA) is 115 Å². The van der Waals surface area contributed by atoms with E-state index in [0.717, 1.165) is 16.9 Å². The number of hydrogen-bond donors (Lipinski definition) is 3. The summed E-state index contributed by atoms with van der Waals surface area (Å²) in [6.07, 6.45) is 2.21. The average molecular weight is 503 g/mol. The van der Waals surface area contributed by atoms with E-state index >= 15 is 0 Å². The molecule has 0 spiro atoms. The average Bonchev–Trinajstić information content (AvgIpc) is 3.21. The van der Waals surface area contributed by atoms with Crippen molar-refractivity contribution in [3.05, 3.63) is 53.1 Å². The van der Waals surface area contributed by atoms with Crippen molar-refractivity contribution in [2.45, 2.75) is 83.1 Å². The molecule has 0 amide bonds. The number of allylic oxidation sites excluding steroid dienone is 3. The van der Waals surface area contributed by atoms with E-state index < -0.39 is 35.1 Å². The maximum absolute atomic E-state index is 11.4. The summed E-state index contributed by atoms with van der Waals surface area (Å²) in [7, 11) is 0. The van der Waals surface area contributed by atoms with Crippen molar-refractivity contribution in [3.63, 3.8) is 0 Å². The van der Waals surface area contributed by atoms with Crippen LogP contribution in [0.3, 0.4) is 0 Å². The van der Waals surface area contributed by atoms with Crippen LogP contribution in [0, 0.1) is 5.41 Å². The van der Waals surface area contributed by atoms with Crippen LogP contribution in [-0.4, -0.2) is 70.8 Å². The van der Waals surface area contributed by atoms with Crippen molar-refractivity contribution in [1.82, 2.24) is 0 Å². The number of carbonyl (C=O) groups is 1. The zero-order valence-electron chi connectivity index (χ0n) is 21.5. The second-order valence-electron chi connectivity index (χ2n) is 10.5. The van der Waals surface area contributed by atoms with Gasteiger partial charge in [-0.3, -0.25) is 4.79 Å². The number of esters is 1. The molecule has 3 N–H and O–H groups in total. The van der Waals surface area contributed by atoms with Crippen molar-refractivity contribution in [3.8, 4) is 5.75 Å². The predicted molar refractivity (Wildman–Crippen MR) is 132 cm³/mol. The van der Waals surface area contributed by atoms with Crippen LogP contribution in [0.25, 0.3) is 0 Å². The summed E-state index contributed by atoms with van der Waals surface area (Å²) in [5, 5.41) is 32.0. The fourth-order valence-electron chi connectivity index (χ4n) is 5.42. The number of carbonyl (C=O) groups excluding carboxylic acids is 1. The van der Waals surface area contributed by atoms with Gasteiger partial charge in [-0.15, -0.1) is 0 Å². The molecule has 1 aliphatic carbocycles. The molecule has 8 nitrogen and oxygen atoms in total. The van der Waals surface area contributed by atoms with Gasteiger partial charge in [0, 0.05) is 11.8 Å². The fourth-order valence-corrected chi connectivity index (χ4v) is 5.42. The molecule has 8 heteroatoms. The molecule has 0 aromatic heterocycles. The van der Waals surface area contributed by atoms with Crippen molar-refractivity contribution < 1.29 is 39.1 Å². The maximum atomic E-state index is 11.4. The van der Waals surface area contributed by atoms with Crippen LogP contribution in [0.2, 0.25) is 0 Å². The van der Waals surface area contributed by atoms with E-state index in [-0.39, 0.29) is 12.6 Å². The summed E-state index contributed by atoms with van der Waals surface area (Å²) < 4.78 is 23.0. The molecule has 198 valence electrons. The summed E-state index contributed by atoms with van der Waals surface area (Å²) >= 11 is 0. The van der Waals surface area contributed by atoms with Gasteiger partial charge in [0.25, 0.3) is 0 Å². The van der Waals surface area contributed by atoms with Crippen LogP contribution < -0.4 is 4.74 Å². The largest absolute Gasteiger partial charge is 0.494 e. The van der Waals surface area contributed by atoms with Crippen LogP contribution in [0.1, 0.15) is 52.5 Å². The molecule has 6 atom stereocenters. The quantitative estimate of drug-likeness (QED) is 0.349. The predicted octanol–water partition coefficient (Wildman–Crippen LogP) is 2.83. The van der Waals surface area contributed by atoms with Gasteiger partial charge in [-0.05, 0) is 57.7 Å². The Hall–Kier alpha value is -2.23.